The highest BCUT2D eigenvalue weighted by Gasteiger charge is 2.51. The third kappa shape index (κ3) is 16.5. The highest BCUT2D eigenvalue weighted by atomic mass is 16.7. The molecule has 19 nitrogen and oxygen atoms in total. The van der Waals surface area contributed by atoms with Gasteiger partial charge in [0, 0.05) is 70.4 Å². The number of Topliss-reactive ketones (excluding diaryl/α,β-unsaturated/α-hetero) is 1. The average Bonchev–Trinajstić information content (AvgIpc) is 3.50. The van der Waals surface area contributed by atoms with E-state index in [9.17, 15) is 24.9 Å². The highest BCUT2D eigenvalue weighted by Crippen LogP contribution is 2.39. The van der Waals surface area contributed by atoms with Gasteiger partial charge in [0.1, 0.15) is 49.3 Å². The Morgan fingerprint density at radius 3 is 2.12 bits per heavy atom. The Morgan fingerprint density at radius 2 is 1.49 bits per heavy atom. The van der Waals surface area contributed by atoms with E-state index in [1.54, 1.807) is 27.7 Å². The fourth-order valence-corrected chi connectivity index (χ4v) is 11.8. The van der Waals surface area contributed by atoms with E-state index in [1.165, 1.54) is 33.8 Å². The number of cyclic esters (lactones) is 1. The van der Waals surface area contributed by atoms with Gasteiger partial charge in [-0.2, -0.15) is 0 Å². The minimum atomic E-state index is -2.03. The Balaban J connectivity index is 1.60. The molecule has 0 amide bonds. The van der Waals surface area contributed by atoms with Crippen molar-refractivity contribution < 1.29 is 81.9 Å². The Kier molecular flexibility index (Phi) is 24.1. The van der Waals surface area contributed by atoms with Gasteiger partial charge in [-0.1, -0.05) is 84.0 Å². The molecule has 434 valence electrons. The quantitative estimate of drug-likeness (QED) is 0.122. The van der Waals surface area contributed by atoms with Gasteiger partial charge in [0.05, 0.1) is 54.7 Å². The molecule has 0 spiro atoms. The normalized spacial score (nSPS) is 40.7. The van der Waals surface area contributed by atoms with Gasteiger partial charge in [0.2, 0.25) is 0 Å². The molecule has 1 aromatic carbocycles. The van der Waals surface area contributed by atoms with Gasteiger partial charge >= 0.3 is 11.9 Å². The van der Waals surface area contributed by atoms with Crippen molar-refractivity contribution in [1.82, 2.24) is 4.90 Å². The van der Waals surface area contributed by atoms with Crippen LogP contribution in [0.3, 0.4) is 0 Å². The van der Waals surface area contributed by atoms with Gasteiger partial charge in [-0.25, -0.2) is 0 Å². The van der Waals surface area contributed by atoms with Gasteiger partial charge in [0.25, 0.3) is 0 Å². The number of benzene rings is 1. The van der Waals surface area contributed by atoms with Crippen LogP contribution in [-0.4, -0.2) is 182 Å². The minimum Gasteiger partial charge on any atom is -0.461 e. The maximum atomic E-state index is 15.4. The Morgan fingerprint density at radius 1 is 0.816 bits per heavy atom. The number of hydrogen-bond donors (Lipinski definition) is 3. The maximum absolute atomic E-state index is 15.4. The van der Waals surface area contributed by atoms with Crippen LogP contribution < -0.4 is 0 Å². The van der Waals surface area contributed by atoms with Crippen LogP contribution in [0.25, 0.3) is 0 Å². The summed E-state index contributed by atoms with van der Waals surface area (Å²) < 4.78 is 63.8. The molecule has 4 fully saturated rings. The number of esters is 2. The Hall–Kier alpha value is -3.18. The van der Waals surface area contributed by atoms with E-state index in [-0.39, 0.29) is 43.9 Å². The van der Waals surface area contributed by atoms with Crippen molar-refractivity contribution in [2.45, 2.75) is 220 Å². The number of aliphatic hydroxyl groups is 3. The van der Waals surface area contributed by atoms with Crippen LogP contribution in [0.15, 0.2) is 35.5 Å². The molecule has 22 atom stereocenters. The van der Waals surface area contributed by atoms with Gasteiger partial charge < -0.3 is 67.5 Å². The predicted molar refractivity (Wildman–Crippen MR) is 282 cm³/mol. The van der Waals surface area contributed by atoms with Crippen molar-refractivity contribution in [1.29, 1.82) is 0 Å². The zero-order chi connectivity index (χ0) is 56.3. The summed E-state index contributed by atoms with van der Waals surface area (Å²) in [5, 5.41) is 39.2. The lowest BCUT2D eigenvalue weighted by Gasteiger charge is -2.44. The number of rotatable bonds is 17. The second-order valence-electron chi connectivity index (χ2n) is 23.1. The molecule has 1 aromatic rings. The van der Waals surface area contributed by atoms with Crippen LogP contribution in [0.2, 0.25) is 0 Å². The SMILES string of the molecule is CON=C1C[C@@H](C)O[C@@H](OC2C(C)CC(C)(O)C(=O)C(C)C(OC(=O)CC(C)C)C(C)C(C(C)CO[C@@H]3O[C@H](C)[C@@H](O)[C@@H](OC)[C@H]3OC)OC(=O)C(C)C(O[C@H]3CC(C)N(CCc4ccccc4)C[C@H](C)O3)C2C)[C@@H]1O. The first-order valence-electron chi connectivity index (χ1n) is 27.7. The molecular weight excluding hydrogens is 985 g/mol. The first-order valence-corrected chi connectivity index (χ1v) is 27.7. The molecule has 76 heavy (non-hydrogen) atoms. The summed E-state index contributed by atoms with van der Waals surface area (Å²) in [6.07, 6.45) is -11.2. The van der Waals surface area contributed by atoms with E-state index < -0.39 is 139 Å². The summed E-state index contributed by atoms with van der Waals surface area (Å²) >= 11 is 0. The largest absolute Gasteiger partial charge is 0.461 e. The molecule has 4 aliphatic heterocycles. The van der Waals surface area contributed by atoms with Crippen molar-refractivity contribution in [3.63, 3.8) is 0 Å². The summed E-state index contributed by atoms with van der Waals surface area (Å²) in [5.74, 6) is -6.94. The monoisotopic (exact) mass is 1080 g/mol. The van der Waals surface area contributed by atoms with Crippen LogP contribution in [-0.2, 0) is 73.0 Å². The molecular formula is C57H94N2O17. The fraction of sp³-hybridized carbons (Fsp3) is 0.825. The molecule has 0 radical (unpaired) electrons. The molecule has 4 aliphatic rings. The summed E-state index contributed by atoms with van der Waals surface area (Å²) in [7, 11) is 4.32. The van der Waals surface area contributed by atoms with Gasteiger partial charge in [-0.05, 0) is 71.8 Å². The summed E-state index contributed by atoms with van der Waals surface area (Å²) in [6.45, 7) is 24.8. The van der Waals surface area contributed by atoms with Crippen LogP contribution >= 0.6 is 0 Å². The number of aliphatic hydroxyl groups excluding tert-OH is 2. The number of oxime groups is 1. The lowest BCUT2D eigenvalue weighted by Crippen LogP contribution is -2.59. The molecule has 0 bridgehead atoms. The second kappa shape index (κ2) is 28.8. The standard InChI is InChI=1S/C57H94N2O17/c1-30(2)24-43(60)73-49-37(9)48(32(4)29-69-56-52(67-15)51(66-14)45(61)40(12)72-56)75-54(64)39(11)50(74-44-25-33(5)59(28-35(7)70-44)23-22-41-20-18-17-19-21-41)36(8)47(31(3)27-57(13,65)53(63)38(49)10)76-55-46(62)42(58-68-16)26-34(6)71-55/h17-21,30-40,44-52,55-56,61-62,65H,22-29H2,1-16H3/t31?,32?,33?,34-,35+,36?,37?,38?,39?,40-,44+,45-,46-,47?,48?,49?,50?,51-,52-,55+,56-,57?/m1/s1. The number of ether oxygens (including phenoxy) is 10. The van der Waals surface area contributed by atoms with E-state index in [4.69, 9.17) is 52.2 Å². The maximum Gasteiger partial charge on any atom is 0.311 e. The van der Waals surface area contributed by atoms with Crippen molar-refractivity contribution >= 4 is 23.4 Å². The molecule has 3 N–H and O–H groups in total. The lowest BCUT2D eigenvalue weighted by molar-refractivity contribution is -0.305. The summed E-state index contributed by atoms with van der Waals surface area (Å²) in [5.41, 5.74) is -0.486. The predicted octanol–water partition coefficient (Wildman–Crippen LogP) is 5.89. The van der Waals surface area contributed by atoms with E-state index in [0.717, 1.165) is 13.0 Å². The molecule has 4 saturated heterocycles. The molecule has 4 heterocycles. The molecule has 0 aromatic heterocycles. The highest BCUT2D eigenvalue weighted by molar-refractivity contribution is 5.90. The first-order chi connectivity index (χ1) is 35.8. The van der Waals surface area contributed by atoms with Crippen LogP contribution in [0.5, 0.6) is 0 Å². The second-order valence-corrected chi connectivity index (χ2v) is 23.1. The third-order valence-corrected chi connectivity index (χ3v) is 16.0. The molecule has 12 unspecified atom stereocenters. The van der Waals surface area contributed by atoms with E-state index in [0.29, 0.717) is 18.7 Å². The van der Waals surface area contributed by atoms with E-state index >= 15 is 4.79 Å². The van der Waals surface area contributed by atoms with Crippen LogP contribution in [0.4, 0.5) is 0 Å². The van der Waals surface area contributed by atoms with Crippen LogP contribution in [0, 0.1) is 41.4 Å². The smallest absolute Gasteiger partial charge is 0.311 e. The number of hydrogen-bond acceptors (Lipinski definition) is 19. The van der Waals surface area contributed by atoms with E-state index in [1.807, 2.05) is 66.7 Å². The number of nitrogens with zero attached hydrogens (tertiary/aromatic N) is 2. The zero-order valence-corrected chi connectivity index (χ0v) is 48.2. The fourth-order valence-electron chi connectivity index (χ4n) is 11.8. The van der Waals surface area contributed by atoms with Crippen molar-refractivity contribution in [3.05, 3.63) is 35.9 Å². The molecule has 5 rings (SSSR count). The number of carbonyl (C=O) groups is 3. The van der Waals surface area contributed by atoms with Crippen molar-refractivity contribution in [3.8, 4) is 0 Å². The van der Waals surface area contributed by atoms with Gasteiger partial charge in [0.15, 0.2) is 24.7 Å². The van der Waals surface area contributed by atoms with Gasteiger partial charge in [-0.15, -0.1) is 0 Å². The topological polar surface area (TPSA) is 229 Å². The third-order valence-electron chi connectivity index (χ3n) is 16.0. The van der Waals surface area contributed by atoms with Crippen molar-refractivity contribution in [2.75, 3.05) is 41.0 Å². The zero-order valence-electron chi connectivity index (χ0n) is 48.2. The molecule has 0 saturated carbocycles. The van der Waals surface area contributed by atoms with Gasteiger partial charge in [-0.3, -0.25) is 19.3 Å². The van der Waals surface area contributed by atoms with Crippen LogP contribution in [0.1, 0.15) is 121 Å². The van der Waals surface area contributed by atoms with E-state index in [2.05, 4.69) is 29.1 Å². The first kappa shape index (κ1) is 63.6. The summed E-state index contributed by atoms with van der Waals surface area (Å²) in [4.78, 5) is 51.6. The molecule has 19 heteroatoms. The number of carbonyl (C=O) groups excluding carboxylic acids is 3. The average molecular weight is 1080 g/mol. The number of methoxy groups -OCH3 is 2. The molecule has 0 aliphatic carbocycles. The van der Waals surface area contributed by atoms with Crippen molar-refractivity contribution in [2.24, 2.45) is 46.6 Å². The lowest BCUT2D eigenvalue weighted by atomic mass is 9.74. The number of ketones is 1. The Labute approximate surface area is 452 Å². The Bertz CT molecular complexity index is 1990. The summed E-state index contributed by atoms with van der Waals surface area (Å²) in [6, 6.07) is 10.3. The minimum absolute atomic E-state index is 0.00672.